The first-order valence-electron chi connectivity index (χ1n) is 5.54. The summed E-state index contributed by atoms with van der Waals surface area (Å²) >= 11 is 0. The van der Waals surface area contributed by atoms with Crippen molar-refractivity contribution in [3.63, 3.8) is 0 Å². The van der Waals surface area contributed by atoms with Crippen LogP contribution in [0, 0.1) is 0 Å². The smallest absolute Gasteiger partial charge is 0.154 e. The van der Waals surface area contributed by atoms with Crippen LogP contribution in [0.2, 0.25) is 0 Å². The van der Waals surface area contributed by atoms with Crippen molar-refractivity contribution in [3.8, 4) is 0 Å². The van der Waals surface area contributed by atoms with E-state index in [0.717, 1.165) is 18.7 Å². The summed E-state index contributed by atoms with van der Waals surface area (Å²) in [4.78, 5) is 2.42. The van der Waals surface area contributed by atoms with Crippen molar-refractivity contribution in [1.82, 2.24) is 10.1 Å². The minimum absolute atomic E-state index is 0.0438. The molecule has 2 rings (SSSR count). The highest BCUT2D eigenvalue weighted by Gasteiger charge is 2.30. The Morgan fingerprint density at radius 1 is 1.67 bits per heavy atom. The van der Waals surface area contributed by atoms with Crippen molar-refractivity contribution in [1.29, 1.82) is 0 Å². The number of hydrogen-bond acceptors (Lipinski definition) is 4. The fraction of sp³-hybridized carbons (Fsp3) is 0.727. The minimum atomic E-state index is -0.0438. The number of hydrogen-bond donors (Lipinski definition) is 1. The van der Waals surface area contributed by atoms with E-state index in [9.17, 15) is 0 Å². The minimum Gasteiger partial charge on any atom is -0.390 e. The van der Waals surface area contributed by atoms with Crippen LogP contribution in [0.25, 0.3) is 0 Å². The average Bonchev–Trinajstić information content (AvgIpc) is 2.85. The molecule has 1 aliphatic rings. The van der Waals surface area contributed by atoms with E-state index >= 15 is 0 Å². The molecule has 15 heavy (non-hydrogen) atoms. The maximum absolute atomic E-state index is 8.93. The molecule has 2 heterocycles. The highest BCUT2D eigenvalue weighted by atomic mass is 16.5. The van der Waals surface area contributed by atoms with Crippen molar-refractivity contribution in [3.05, 3.63) is 17.5 Å². The van der Waals surface area contributed by atoms with Gasteiger partial charge in [-0.3, -0.25) is 4.90 Å². The third kappa shape index (κ3) is 2.06. The number of aromatic nitrogens is 1. The second kappa shape index (κ2) is 4.33. The lowest BCUT2D eigenvalue weighted by atomic mass is 10.1. The Hall–Kier alpha value is -0.870. The molecule has 0 bridgehead atoms. The van der Waals surface area contributed by atoms with Crippen LogP contribution in [-0.4, -0.2) is 27.7 Å². The predicted molar refractivity (Wildman–Crippen MR) is 56.2 cm³/mol. The number of aliphatic hydroxyl groups excluding tert-OH is 1. The van der Waals surface area contributed by atoms with Crippen molar-refractivity contribution in [2.75, 3.05) is 6.54 Å². The molecule has 0 amide bonds. The van der Waals surface area contributed by atoms with Gasteiger partial charge in [0.15, 0.2) is 5.76 Å². The molecule has 1 aromatic rings. The largest absolute Gasteiger partial charge is 0.390 e. The topological polar surface area (TPSA) is 49.5 Å². The van der Waals surface area contributed by atoms with Gasteiger partial charge in [-0.2, -0.15) is 0 Å². The van der Waals surface area contributed by atoms with Crippen molar-refractivity contribution < 1.29 is 9.63 Å². The number of likely N-dealkylation sites (tertiary alicyclic amines) is 1. The first-order chi connectivity index (χ1) is 7.22. The van der Waals surface area contributed by atoms with Gasteiger partial charge in [0.25, 0.3) is 0 Å². The van der Waals surface area contributed by atoms with E-state index in [4.69, 9.17) is 9.63 Å². The molecule has 0 aromatic carbocycles. The van der Waals surface area contributed by atoms with Crippen LogP contribution in [-0.2, 0) is 6.61 Å². The monoisotopic (exact) mass is 210 g/mol. The Balaban J connectivity index is 2.15. The molecular weight excluding hydrogens is 192 g/mol. The van der Waals surface area contributed by atoms with Gasteiger partial charge >= 0.3 is 0 Å². The Kier molecular flexibility index (Phi) is 3.07. The van der Waals surface area contributed by atoms with E-state index < -0.39 is 0 Å². The normalized spacial score (nSPS) is 22.8. The second-order valence-electron chi connectivity index (χ2n) is 4.37. The Morgan fingerprint density at radius 2 is 2.47 bits per heavy atom. The number of aliphatic hydroxyl groups is 1. The average molecular weight is 210 g/mol. The molecule has 84 valence electrons. The highest BCUT2D eigenvalue weighted by Crippen LogP contribution is 2.33. The fourth-order valence-electron chi connectivity index (χ4n) is 2.27. The van der Waals surface area contributed by atoms with Gasteiger partial charge in [-0.05, 0) is 33.2 Å². The van der Waals surface area contributed by atoms with Crippen molar-refractivity contribution in [2.24, 2.45) is 0 Å². The van der Waals surface area contributed by atoms with Crippen LogP contribution in [0.15, 0.2) is 10.6 Å². The van der Waals surface area contributed by atoms with E-state index in [1.54, 1.807) is 0 Å². The molecular formula is C11H18N2O2. The number of rotatable bonds is 3. The Morgan fingerprint density at radius 3 is 3.07 bits per heavy atom. The lowest BCUT2D eigenvalue weighted by molar-refractivity contribution is 0.174. The molecule has 1 atom stereocenters. The summed E-state index contributed by atoms with van der Waals surface area (Å²) in [6.45, 7) is 5.47. The summed E-state index contributed by atoms with van der Waals surface area (Å²) in [5.74, 6) is 0.894. The molecule has 0 spiro atoms. The Bertz CT molecular complexity index is 322. The van der Waals surface area contributed by atoms with E-state index in [0.29, 0.717) is 17.8 Å². The Labute approximate surface area is 89.9 Å². The molecule has 4 nitrogen and oxygen atoms in total. The van der Waals surface area contributed by atoms with E-state index in [1.165, 1.54) is 6.42 Å². The molecule has 1 aliphatic heterocycles. The zero-order chi connectivity index (χ0) is 10.8. The molecule has 1 aromatic heterocycles. The number of nitrogens with zero attached hydrogens (tertiary/aromatic N) is 2. The van der Waals surface area contributed by atoms with Crippen LogP contribution >= 0.6 is 0 Å². The highest BCUT2D eigenvalue weighted by molar-refractivity contribution is 5.10. The third-order valence-corrected chi connectivity index (χ3v) is 3.03. The third-order valence-electron chi connectivity index (χ3n) is 3.03. The van der Waals surface area contributed by atoms with E-state index in [1.807, 2.05) is 6.07 Å². The summed E-state index contributed by atoms with van der Waals surface area (Å²) in [6, 6.07) is 2.74. The van der Waals surface area contributed by atoms with Gasteiger partial charge in [0.1, 0.15) is 5.69 Å². The lowest BCUT2D eigenvalue weighted by Crippen LogP contribution is -2.29. The molecule has 1 fully saturated rings. The van der Waals surface area contributed by atoms with Gasteiger partial charge in [-0.1, -0.05) is 5.16 Å². The van der Waals surface area contributed by atoms with Gasteiger partial charge in [0.05, 0.1) is 12.6 Å². The molecule has 1 saturated heterocycles. The molecule has 0 saturated carbocycles. The molecule has 0 aliphatic carbocycles. The van der Waals surface area contributed by atoms with Crippen LogP contribution in [0.1, 0.15) is 44.2 Å². The first kappa shape index (κ1) is 10.6. The molecule has 0 radical (unpaired) electrons. The zero-order valence-electron chi connectivity index (χ0n) is 9.31. The van der Waals surface area contributed by atoms with Crippen LogP contribution in [0.3, 0.4) is 0 Å². The van der Waals surface area contributed by atoms with E-state index in [2.05, 4.69) is 23.9 Å². The SMILES string of the molecule is CC(C)N1CCCC1c1cc(CO)no1. The summed E-state index contributed by atoms with van der Waals surface area (Å²) in [6.07, 6.45) is 2.33. The quantitative estimate of drug-likeness (QED) is 0.825. The van der Waals surface area contributed by atoms with Crippen LogP contribution in [0.4, 0.5) is 0 Å². The van der Waals surface area contributed by atoms with Gasteiger partial charge in [0, 0.05) is 12.1 Å². The maximum atomic E-state index is 8.93. The van der Waals surface area contributed by atoms with Crippen LogP contribution < -0.4 is 0 Å². The summed E-state index contributed by atoms with van der Waals surface area (Å²) in [5.41, 5.74) is 0.626. The van der Waals surface area contributed by atoms with Crippen molar-refractivity contribution >= 4 is 0 Å². The lowest BCUT2D eigenvalue weighted by Gasteiger charge is -2.26. The van der Waals surface area contributed by atoms with Crippen LogP contribution in [0.5, 0.6) is 0 Å². The van der Waals surface area contributed by atoms with Gasteiger partial charge < -0.3 is 9.63 Å². The van der Waals surface area contributed by atoms with Gasteiger partial charge in [-0.25, -0.2) is 0 Å². The van der Waals surface area contributed by atoms with Gasteiger partial charge in [-0.15, -0.1) is 0 Å². The summed E-state index contributed by atoms with van der Waals surface area (Å²) in [5, 5.41) is 12.8. The molecule has 4 heteroatoms. The molecule has 1 unspecified atom stereocenters. The first-order valence-corrected chi connectivity index (χ1v) is 5.54. The molecule has 1 N–H and O–H groups in total. The summed E-state index contributed by atoms with van der Waals surface area (Å²) in [7, 11) is 0. The van der Waals surface area contributed by atoms with Crippen molar-refractivity contribution in [2.45, 2.75) is 45.4 Å². The van der Waals surface area contributed by atoms with E-state index in [-0.39, 0.29) is 6.61 Å². The summed E-state index contributed by atoms with van der Waals surface area (Å²) < 4.78 is 5.27. The zero-order valence-corrected chi connectivity index (χ0v) is 9.31. The second-order valence-corrected chi connectivity index (χ2v) is 4.37. The predicted octanol–water partition coefficient (Wildman–Crippen LogP) is 1.71. The fourth-order valence-corrected chi connectivity index (χ4v) is 2.27. The standard InChI is InChI=1S/C11H18N2O2/c1-8(2)13-5-3-4-10(13)11-6-9(7-14)12-15-11/h6,8,10,14H,3-5,7H2,1-2H3. The van der Waals surface area contributed by atoms with Gasteiger partial charge in [0.2, 0.25) is 0 Å². The maximum Gasteiger partial charge on any atom is 0.154 e.